The molecule has 0 atom stereocenters. The Bertz CT molecular complexity index is 823. The number of amides is 1. The van der Waals surface area contributed by atoms with Crippen LogP contribution in [0.1, 0.15) is 37.1 Å². The van der Waals surface area contributed by atoms with Crippen molar-refractivity contribution >= 4 is 23.0 Å². The third-order valence-corrected chi connectivity index (χ3v) is 5.06. The molecule has 1 saturated carbocycles. The molecular formula is C19H25N5O3. The average Bonchev–Trinajstić information content (AvgIpc) is 3.22. The van der Waals surface area contributed by atoms with E-state index in [2.05, 4.69) is 15.7 Å². The summed E-state index contributed by atoms with van der Waals surface area (Å²) >= 11 is 0. The van der Waals surface area contributed by atoms with Crippen molar-refractivity contribution in [1.82, 2.24) is 9.78 Å². The Kier molecular flexibility index (Phi) is 5.73. The highest BCUT2D eigenvalue weighted by molar-refractivity contribution is 5.90. The number of nitrogens with zero attached hydrogens (tertiary/aromatic N) is 3. The van der Waals surface area contributed by atoms with Gasteiger partial charge in [-0.2, -0.15) is 5.10 Å². The van der Waals surface area contributed by atoms with E-state index < -0.39 is 4.92 Å². The molecule has 2 N–H and O–H groups in total. The van der Waals surface area contributed by atoms with Crippen LogP contribution in [0.5, 0.6) is 0 Å². The number of benzene rings is 1. The fraction of sp³-hybridized carbons (Fsp3) is 0.474. The van der Waals surface area contributed by atoms with Crippen molar-refractivity contribution in [1.29, 1.82) is 0 Å². The minimum absolute atomic E-state index is 0.0412. The second-order valence-electron chi connectivity index (χ2n) is 7.09. The van der Waals surface area contributed by atoms with Crippen molar-refractivity contribution in [3.8, 4) is 0 Å². The molecule has 27 heavy (non-hydrogen) atoms. The molecule has 1 aliphatic carbocycles. The molecule has 1 amide bonds. The van der Waals surface area contributed by atoms with Crippen LogP contribution < -0.4 is 10.6 Å². The van der Waals surface area contributed by atoms with Gasteiger partial charge in [-0.15, -0.1) is 0 Å². The lowest BCUT2D eigenvalue weighted by Crippen LogP contribution is -2.20. The van der Waals surface area contributed by atoms with Crippen LogP contribution in [0.2, 0.25) is 0 Å². The minimum Gasteiger partial charge on any atom is -0.385 e. The maximum absolute atomic E-state index is 12.3. The number of nitrogens with one attached hydrogen (secondary N) is 2. The number of rotatable bonds is 7. The van der Waals surface area contributed by atoms with Crippen LogP contribution in [-0.2, 0) is 11.3 Å². The molecule has 0 saturated heterocycles. The van der Waals surface area contributed by atoms with Gasteiger partial charge >= 0.3 is 5.69 Å². The maximum Gasteiger partial charge on any atom is 0.312 e. The molecule has 1 aromatic heterocycles. The number of aryl methyl sites for hydroxylation is 1. The molecule has 0 radical (unpaired) electrons. The summed E-state index contributed by atoms with van der Waals surface area (Å²) in [6.45, 7) is 4.08. The van der Waals surface area contributed by atoms with Gasteiger partial charge in [-0.05, 0) is 56.9 Å². The first-order valence-electron chi connectivity index (χ1n) is 9.26. The van der Waals surface area contributed by atoms with Gasteiger partial charge in [-0.1, -0.05) is 12.8 Å². The standard InChI is InChI=1S/C19H25N5O3/c1-13-19(24(26)27)14(2)23(22-13)12-18(25)21-17-9-7-16(8-10-17)20-11-15-5-3-4-6-15/h7-10,15,20H,3-6,11-12H2,1-2H3,(H,21,25). The molecule has 3 rings (SSSR count). The Balaban J connectivity index is 1.55. The molecule has 8 nitrogen and oxygen atoms in total. The van der Waals surface area contributed by atoms with Crippen LogP contribution in [0.4, 0.5) is 17.1 Å². The lowest BCUT2D eigenvalue weighted by molar-refractivity contribution is -0.386. The number of anilines is 2. The number of nitro groups is 1. The van der Waals surface area contributed by atoms with E-state index in [0.29, 0.717) is 17.1 Å². The van der Waals surface area contributed by atoms with Crippen molar-refractivity contribution in [3.63, 3.8) is 0 Å². The lowest BCUT2D eigenvalue weighted by Gasteiger charge is -2.12. The fourth-order valence-corrected chi connectivity index (χ4v) is 3.59. The van der Waals surface area contributed by atoms with Gasteiger partial charge in [0, 0.05) is 17.9 Å². The Morgan fingerprint density at radius 3 is 2.44 bits per heavy atom. The molecule has 0 aliphatic heterocycles. The highest BCUT2D eigenvalue weighted by Crippen LogP contribution is 2.25. The van der Waals surface area contributed by atoms with E-state index in [4.69, 9.17) is 0 Å². The third kappa shape index (κ3) is 4.64. The molecule has 1 aliphatic rings. The fourth-order valence-electron chi connectivity index (χ4n) is 3.59. The van der Waals surface area contributed by atoms with Gasteiger partial charge < -0.3 is 10.6 Å². The van der Waals surface area contributed by atoms with Crippen molar-refractivity contribution in [3.05, 3.63) is 45.8 Å². The molecule has 8 heteroatoms. The average molecular weight is 371 g/mol. The van der Waals surface area contributed by atoms with Gasteiger partial charge in [-0.25, -0.2) is 0 Å². The van der Waals surface area contributed by atoms with Crippen molar-refractivity contribution in [2.75, 3.05) is 17.2 Å². The van der Waals surface area contributed by atoms with Gasteiger partial charge in [0.25, 0.3) is 0 Å². The first-order chi connectivity index (χ1) is 12.9. The Morgan fingerprint density at radius 1 is 1.22 bits per heavy atom. The molecule has 1 fully saturated rings. The van der Waals surface area contributed by atoms with Gasteiger partial charge in [0.2, 0.25) is 5.91 Å². The predicted octanol–water partition coefficient (Wildman–Crippen LogP) is 3.65. The second kappa shape index (κ2) is 8.20. The normalized spacial score (nSPS) is 14.3. The quantitative estimate of drug-likeness (QED) is 0.571. The van der Waals surface area contributed by atoms with Gasteiger partial charge in [-0.3, -0.25) is 19.6 Å². The SMILES string of the molecule is Cc1nn(CC(=O)Nc2ccc(NCC3CCCC3)cc2)c(C)c1[N+](=O)[O-]. The van der Waals surface area contributed by atoms with Gasteiger partial charge in [0.05, 0.1) is 4.92 Å². The van der Waals surface area contributed by atoms with Crippen LogP contribution in [0.15, 0.2) is 24.3 Å². The van der Waals surface area contributed by atoms with Crippen LogP contribution in [-0.4, -0.2) is 27.2 Å². The monoisotopic (exact) mass is 371 g/mol. The first kappa shape index (κ1) is 18.9. The maximum atomic E-state index is 12.3. The lowest BCUT2D eigenvalue weighted by atomic mass is 10.1. The van der Waals surface area contributed by atoms with Crippen molar-refractivity contribution < 1.29 is 9.72 Å². The minimum atomic E-state index is -0.469. The molecule has 1 aromatic carbocycles. The van der Waals surface area contributed by atoms with E-state index in [-0.39, 0.29) is 18.1 Å². The van der Waals surface area contributed by atoms with Crippen LogP contribution >= 0.6 is 0 Å². The third-order valence-electron chi connectivity index (χ3n) is 5.06. The van der Waals surface area contributed by atoms with E-state index in [9.17, 15) is 14.9 Å². The van der Waals surface area contributed by atoms with E-state index in [1.54, 1.807) is 13.8 Å². The summed E-state index contributed by atoms with van der Waals surface area (Å²) in [6, 6.07) is 7.58. The number of carbonyl (C=O) groups excluding carboxylic acids is 1. The van der Waals surface area contributed by atoms with E-state index in [1.165, 1.54) is 30.4 Å². The molecule has 0 bridgehead atoms. The highest BCUT2D eigenvalue weighted by atomic mass is 16.6. The summed E-state index contributed by atoms with van der Waals surface area (Å²) in [7, 11) is 0. The number of hydrogen-bond acceptors (Lipinski definition) is 5. The van der Waals surface area contributed by atoms with Gasteiger partial charge in [0.15, 0.2) is 0 Å². The molecule has 1 heterocycles. The van der Waals surface area contributed by atoms with E-state index in [1.807, 2.05) is 24.3 Å². The van der Waals surface area contributed by atoms with E-state index in [0.717, 1.165) is 18.2 Å². The highest BCUT2D eigenvalue weighted by Gasteiger charge is 2.22. The summed E-state index contributed by atoms with van der Waals surface area (Å²) in [5.41, 5.74) is 2.36. The van der Waals surface area contributed by atoms with E-state index >= 15 is 0 Å². The molecule has 0 unspecified atom stereocenters. The molecule has 2 aromatic rings. The zero-order valence-electron chi connectivity index (χ0n) is 15.7. The Labute approximate surface area is 158 Å². The van der Waals surface area contributed by atoms with Crippen LogP contribution in [0.25, 0.3) is 0 Å². The molecular weight excluding hydrogens is 346 g/mol. The molecule has 0 spiro atoms. The summed E-state index contributed by atoms with van der Waals surface area (Å²) in [5.74, 6) is 0.483. The summed E-state index contributed by atoms with van der Waals surface area (Å²) < 4.78 is 1.36. The van der Waals surface area contributed by atoms with Crippen molar-refractivity contribution in [2.45, 2.75) is 46.1 Å². The van der Waals surface area contributed by atoms with Crippen molar-refractivity contribution in [2.24, 2.45) is 5.92 Å². The molecule has 144 valence electrons. The van der Waals surface area contributed by atoms with Crippen LogP contribution in [0, 0.1) is 29.9 Å². The Hall–Kier alpha value is -2.90. The number of hydrogen-bond donors (Lipinski definition) is 2. The summed E-state index contributed by atoms with van der Waals surface area (Å²) in [5, 5.41) is 21.4. The topological polar surface area (TPSA) is 102 Å². The summed E-state index contributed by atoms with van der Waals surface area (Å²) in [4.78, 5) is 22.8. The second-order valence-corrected chi connectivity index (χ2v) is 7.09. The zero-order valence-corrected chi connectivity index (χ0v) is 15.7. The first-order valence-corrected chi connectivity index (χ1v) is 9.26. The predicted molar refractivity (Wildman–Crippen MR) is 104 cm³/mol. The number of aromatic nitrogens is 2. The van der Waals surface area contributed by atoms with Gasteiger partial charge in [0.1, 0.15) is 17.9 Å². The summed E-state index contributed by atoms with van der Waals surface area (Å²) in [6.07, 6.45) is 5.25. The smallest absolute Gasteiger partial charge is 0.312 e. The van der Waals surface area contributed by atoms with Crippen LogP contribution in [0.3, 0.4) is 0 Å². The largest absolute Gasteiger partial charge is 0.385 e. The zero-order chi connectivity index (χ0) is 19.4. The Morgan fingerprint density at radius 2 is 1.85 bits per heavy atom. The number of carbonyl (C=O) groups is 1.